The number of benzene rings is 2. The van der Waals surface area contributed by atoms with E-state index in [0.29, 0.717) is 18.0 Å². The van der Waals surface area contributed by atoms with Crippen LogP contribution in [-0.4, -0.2) is 39.3 Å². The van der Waals surface area contributed by atoms with Gasteiger partial charge >= 0.3 is 0 Å². The van der Waals surface area contributed by atoms with Crippen molar-refractivity contribution in [1.82, 2.24) is 5.32 Å². The lowest BCUT2D eigenvalue weighted by molar-refractivity contribution is 0.214. The number of fused-ring (bicyclic) bond motifs is 1. The summed E-state index contributed by atoms with van der Waals surface area (Å²) in [5.74, 6) is -2.07. The molecule has 0 saturated heterocycles. The minimum atomic E-state index is -4.09. The minimum Gasteiger partial charge on any atom is -0.488 e. The maximum absolute atomic E-state index is 14.6. The molecule has 0 spiro atoms. The number of hydrogen-bond acceptors (Lipinski definition) is 5. The van der Waals surface area contributed by atoms with Crippen molar-refractivity contribution in [1.29, 1.82) is 0 Å². The van der Waals surface area contributed by atoms with E-state index >= 15 is 0 Å². The molecule has 1 aliphatic heterocycles. The predicted molar refractivity (Wildman–Crippen MR) is 96.7 cm³/mol. The van der Waals surface area contributed by atoms with Crippen LogP contribution in [0.2, 0.25) is 5.02 Å². The summed E-state index contributed by atoms with van der Waals surface area (Å²) in [6.45, 7) is 0.0501. The molecule has 2 N–H and O–H groups in total. The average molecular weight is 418 g/mol. The van der Waals surface area contributed by atoms with Crippen LogP contribution in [0.1, 0.15) is 17.2 Å². The second-order valence-corrected chi connectivity index (χ2v) is 8.65. The number of hydrogen-bond donors (Lipinski definition) is 2. The molecule has 0 saturated carbocycles. The summed E-state index contributed by atoms with van der Waals surface area (Å²) in [6, 6.07) is 6.47. The molecular weight excluding hydrogens is 400 g/mol. The Morgan fingerprint density at radius 1 is 1.15 bits per heavy atom. The molecule has 3 rings (SSSR count). The molecule has 0 aliphatic carbocycles. The van der Waals surface area contributed by atoms with E-state index in [2.05, 4.69) is 5.32 Å². The summed E-state index contributed by atoms with van der Waals surface area (Å²) in [7, 11) is -4.09. The highest BCUT2D eigenvalue weighted by atomic mass is 35.5. The lowest BCUT2D eigenvalue weighted by atomic mass is 10.0. The van der Waals surface area contributed by atoms with E-state index in [-0.39, 0.29) is 23.7 Å². The summed E-state index contributed by atoms with van der Waals surface area (Å²) in [6.07, 6.45) is 0.378. The van der Waals surface area contributed by atoms with E-state index in [1.807, 2.05) is 0 Å². The molecule has 2 aromatic carbocycles. The third kappa shape index (κ3) is 3.94. The Hall–Kier alpha value is -1.74. The zero-order chi connectivity index (χ0) is 19.6. The van der Waals surface area contributed by atoms with Crippen molar-refractivity contribution in [2.75, 3.05) is 19.8 Å². The van der Waals surface area contributed by atoms with Gasteiger partial charge < -0.3 is 15.2 Å². The highest BCUT2D eigenvalue weighted by Gasteiger charge is 2.43. The third-order valence-electron chi connectivity index (χ3n) is 4.37. The van der Waals surface area contributed by atoms with Crippen molar-refractivity contribution in [3.63, 3.8) is 0 Å². The van der Waals surface area contributed by atoms with Crippen LogP contribution in [0.3, 0.4) is 0 Å². The Kier molecular flexibility index (Phi) is 6.00. The first kappa shape index (κ1) is 20.0. The highest BCUT2D eigenvalue weighted by molar-refractivity contribution is 7.91. The molecule has 0 bridgehead atoms. The van der Waals surface area contributed by atoms with Gasteiger partial charge in [0.15, 0.2) is 21.4 Å². The monoisotopic (exact) mass is 417 g/mol. The Morgan fingerprint density at radius 2 is 1.81 bits per heavy atom. The summed E-state index contributed by atoms with van der Waals surface area (Å²) in [5, 5.41) is 10.9. The van der Waals surface area contributed by atoms with Crippen LogP contribution in [0.4, 0.5) is 8.78 Å². The van der Waals surface area contributed by atoms with Gasteiger partial charge in [-0.05, 0) is 49.4 Å². The summed E-state index contributed by atoms with van der Waals surface area (Å²) in [4.78, 5) is -0.0534. The first-order valence-electron chi connectivity index (χ1n) is 8.30. The van der Waals surface area contributed by atoms with Gasteiger partial charge in [-0.2, -0.15) is 0 Å². The first-order valence-corrected chi connectivity index (χ1v) is 10.2. The van der Waals surface area contributed by atoms with E-state index in [4.69, 9.17) is 21.4 Å². The van der Waals surface area contributed by atoms with Gasteiger partial charge in [0.25, 0.3) is 0 Å². The maximum atomic E-state index is 14.6. The molecule has 2 atom stereocenters. The normalized spacial score (nSPS) is 19.4. The van der Waals surface area contributed by atoms with Crippen molar-refractivity contribution in [3.8, 4) is 5.75 Å². The molecule has 0 fully saturated rings. The van der Waals surface area contributed by atoms with Crippen LogP contribution in [-0.2, 0) is 9.84 Å². The smallest absolute Gasteiger partial charge is 0.187 e. The molecule has 0 radical (unpaired) electrons. The Morgan fingerprint density at radius 3 is 2.48 bits per heavy atom. The number of halogens is 3. The molecule has 0 unspecified atom stereocenters. The lowest BCUT2D eigenvalue weighted by Crippen LogP contribution is -2.46. The largest absolute Gasteiger partial charge is 0.488 e. The van der Waals surface area contributed by atoms with Crippen molar-refractivity contribution < 1.29 is 27.0 Å². The number of aliphatic hydroxyl groups excluding tert-OH is 1. The Balaban J connectivity index is 2.11. The van der Waals surface area contributed by atoms with Crippen LogP contribution < -0.4 is 10.1 Å². The van der Waals surface area contributed by atoms with Crippen molar-refractivity contribution in [3.05, 3.63) is 58.6 Å². The molecule has 2 aromatic rings. The van der Waals surface area contributed by atoms with Crippen molar-refractivity contribution >= 4 is 21.4 Å². The van der Waals surface area contributed by atoms with Crippen LogP contribution in [0, 0.1) is 11.6 Å². The average Bonchev–Trinajstić information content (AvgIpc) is 2.65. The predicted octanol–water partition coefficient (Wildman–Crippen LogP) is 2.87. The van der Waals surface area contributed by atoms with Gasteiger partial charge in [-0.25, -0.2) is 17.2 Å². The van der Waals surface area contributed by atoms with Gasteiger partial charge in [0.1, 0.15) is 17.7 Å². The number of aliphatic hydroxyl groups is 1. The van der Waals surface area contributed by atoms with Gasteiger partial charge in [0.05, 0.1) is 16.5 Å². The second kappa shape index (κ2) is 8.10. The molecule has 9 heteroatoms. The third-order valence-corrected chi connectivity index (χ3v) is 6.78. The fraction of sp³-hybridized carbons (Fsp3) is 0.333. The van der Waals surface area contributed by atoms with Crippen molar-refractivity contribution in [2.45, 2.75) is 22.6 Å². The fourth-order valence-corrected chi connectivity index (χ4v) is 5.17. The zero-order valence-electron chi connectivity index (χ0n) is 14.2. The van der Waals surface area contributed by atoms with E-state index in [0.717, 1.165) is 12.1 Å². The minimum absolute atomic E-state index is 0.0534. The number of rotatable bonds is 6. The SMILES string of the molecule is O=S(=O)(c1ccc(Cl)cc1)[C@H]1c2c(F)ccc(F)c2OC[C@@H]1NCCCO. The van der Waals surface area contributed by atoms with Crippen molar-refractivity contribution in [2.24, 2.45) is 0 Å². The van der Waals surface area contributed by atoms with Gasteiger partial charge in [0, 0.05) is 11.6 Å². The van der Waals surface area contributed by atoms with Gasteiger partial charge in [-0.1, -0.05) is 11.6 Å². The lowest BCUT2D eigenvalue weighted by Gasteiger charge is -2.34. The van der Waals surface area contributed by atoms with E-state index in [1.54, 1.807) is 0 Å². The number of nitrogens with one attached hydrogen (secondary N) is 1. The summed E-state index contributed by atoms with van der Waals surface area (Å²) >= 11 is 5.83. The Bertz CT molecular complexity index is 922. The molecule has 1 aliphatic rings. The molecule has 0 aromatic heterocycles. The molecule has 0 amide bonds. The zero-order valence-corrected chi connectivity index (χ0v) is 15.7. The standard InChI is InChI=1S/C18H18ClF2NO4S/c19-11-2-4-12(5-3-11)27(24,25)18-15(22-8-1-9-23)10-26-17-14(21)7-6-13(20)16(17)18/h2-7,15,18,22-23H,1,8-10H2/t15-,18+/m0/s1. The second-order valence-electron chi connectivity index (χ2n) is 6.14. The maximum Gasteiger partial charge on any atom is 0.187 e. The molecule has 1 heterocycles. The van der Waals surface area contributed by atoms with E-state index in [1.165, 1.54) is 24.3 Å². The quantitative estimate of drug-likeness (QED) is 0.707. The first-order chi connectivity index (χ1) is 12.9. The van der Waals surface area contributed by atoms with Gasteiger partial charge in [-0.3, -0.25) is 0 Å². The summed E-state index contributed by atoms with van der Waals surface area (Å²) < 4.78 is 60.6. The Labute approximate surface area is 160 Å². The van der Waals surface area contributed by atoms with Crippen LogP contribution in [0.5, 0.6) is 5.75 Å². The van der Waals surface area contributed by atoms with Crippen LogP contribution in [0.15, 0.2) is 41.3 Å². The van der Waals surface area contributed by atoms with E-state index < -0.39 is 38.5 Å². The fourth-order valence-electron chi connectivity index (χ4n) is 3.10. The van der Waals surface area contributed by atoms with Gasteiger partial charge in [-0.15, -0.1) is 0 Å². The number of ether oxygens (including phenoxy) is 1. The molecule has 27 heavy (non-hydrogen) atoms. The van der Waals surface area contributed by atoms with Crippen LogP contribution >= 0.6 is 11.6 Å². The van der Waals surface area contributed by atoms with E-state index in [9.17, 15) is 17.2 Å². The van der Waals surface area contributed by atoms with Crippen LogP contribution in [0.25, 0.3) is 0 Å². The topological polar surface area (TPSA) is 75.6 Å². The number of sulfone groups is 1. The summed E-state index contributed by atoms with van der Waals surface area (Å²) in [5.41, 5.74) is -0.335. The van der Waals surface area contributed by atoms with Gasteiger partial charge in [0.2, 0.25) is 0 Å². The molecule has 5 nitrogen and oxygen atoms in total. The molecular formula is C18H18ClF2NO4S. The molecule has 146 valence electrons. The highest BCUT2D eigenvalue weighted by Crippen LogP contribution is 2.43.